The van der Waals surface area contributed by atoms with Crippen molar-refractivity contribution < 1.29 is 4.79 Å². The Labute approximate surface area is 127 Å². The van der Waals surface area contributed by atoms with E-state index in [1.54, 1.807) is 0 Å². The third-order valence-corrected chi connectivity index (χ3v) is 4.34. The van der Waals surface area contributed by atoms with Crippen molar-refractivity contribution in [3.63, 3.8) is 0 Å². The van der Waals surface area contributed by atoms with E-state index in [1.165, 1.54) is 11.1 Å². The molecule has 0 spiro atoms. The van der Waals surface area contributed by atoms with Gasteiger partial charge in [0, 0.05) is 25.7 Å². The van der Waals surface area contributed by atoms with Gasteiger partial charge in [-0.1, -0.05) is 29.8 Å². The number of rotatable bonds is 5. The Morgan fingerprint density at radius 2 is 2.33 bits per heavy atom. The lowest BCUT2D eigenvalue weighted by molar-refractivity contribution is -0.126. The highest BCUT2D eigenvalue weighted by molar-refractivity contribution is 5.78. The highest BCUT2D eigenvalue weighted by Crippen LogP contribution is 2.27. The number of nitrogens with one attached hydrogen (secondary N) is 1. The summed E-state index contributed by atoms with van der Waals surface area (Å²) in [7, 11) is 0. The van der Waals surface area contributed by atoms with E-state index >= 15 is 0 Å². The van der Waals surface area contributed by atoms with Crippen molar-refractivity contribution in [2.45, 2.75) is 32.7 Å². The molecule has 2 rings (SSSR count). The molecule has 2 atom stereocenters. The van der Waals surface area contributed by atoms with Gasteiger partial charge in [0.1, 0.15) is 0 Å². The monoisotopic (exact) mass is 289 g/mol. The van der Waals surface area contributed by atoms with Crippen LogP contribution in [0.4, 0.5) is 0 Å². The minimum Gasteiger partial charge on any atom is -0.355 e. The summed E-state index contributed by atoms with van der Waals surface area (Å²) in [5.41, 5.74) is 8.06. The smallest absolute Gasteiger partial charge is 0.224 e. The van der Waals surface area contributed by atoms with Crippen molar-refractivity contribution in [1.82, 2.24) is 10.2 Å². The average Bonchev–Trinajstić information content (AvgIpc) is 2.52. The molecule has 3 N–H and O–H groups in total. The molecule has 1 aromatic carbocycles. The zero-order valence-corrected chi connectivity index (χ0v) is 13.1. The molecule has 21 heavy (non-hydrogen) atoms. The molecule has 0 radical (unpaired) electrons. The van der Waals surface area contributed by atoms with Gasteiger partial charge in [-0.2, -0.15) is 0 Å². The number of benzene rings is 1. The molecule has 1 aliphatic rings. The Bertz CT molecular complexity index is 475. The van der Waals surface area contributed by atoms with Gasteiger partial charge in [0.25, 0.3) is 0 Å². The Hall–Kier alpha value is -1.39. The number of nitrogens with two attached hydrogens (primary N) is 1. The molecule has 0 bridgehead atoms. The molecule has 4 nitrogen and oxygen atoms in total. The minimum absolute atomic E-state index is 0.0950. The van der Waals surface area contributed by atoms with Crippen LogP contribution < -0.4 is 11.1 Å². The van der Waals surface area contributed by atoms with Gasteiger partial charge in [0.15, 0.2) is 0 Å². The highest BCUT2D eigenvalue weighted by atomic mass is 16.1. The van der Waals surface area contributed by atoms with Gasteiger partial charge in [-0.3, -0.25) is 9.69 Å². The van der Waals surface area contributed by atoms with Gasteiger partial charge >= 0.3 is 0 Å². The SMILES string of the molecule is Cc1cccc(C(C)N2CCCC(C(=O)NCCN)C2)c1. The van der Waals surface area contributed by atoms with Crippen LogP contribution in [0.1, 0.15) is 36.9 Å². The third kappa shape index (κ3) is 4.29. The van der Waals surface area contributed by atoms with Crippen molar-refractivity contribution in [3.8, 4) is 0 Å². The highest BCUT2D eigenvalue weighted by Gasteiger charge is 2.28. The lowest BCUT2D eigenvalue weighted by Gasteiger charge is -2.36. The molecule has 116 valence electrons. The fourth-order valence-corrected chi connectivity index (χ4v) is 3.05. The average molecular weight is 289 g/mol. The van der Waals surface area contributed by atoms with E-state index in [0.29, 0.717) is 19.1 Å². The largest absolute Gasteiger partial charge is 0.355 e. The van der Waals surface area contributed by atoms with E-state index in [9.17, 15) is 4.79 Å². The van der Waals surface area contributed by atoms with E-state index < -0.39 is 0 Å². The molecular formula is C17H27N3O. The molecule has 1 saturated heterocycles. The molecule has 1 heterocycles. The second kappa shape index (κ2) is 7.57. The van der Waals surface area contributed by atoms with Crippen LogP contribution in [0.2, 0.25) is 0 Å². The second-order valence-electron chi connectivity index (χ2n) is 6.00. The zero-order chi connectivity index (χ0) is 15.2. The Balaban J connectivity index is 1.98. The lowest BCUT2D eigenvalue weighted by Crippen LogP contribution is -2.44. The van der Waals surface area contributed by atoms with Gasteiger partial charge in [0.05, 0.1) is 5.92 Å². The standard InChI is InChI=1S/C17H27N3O/c1-13-5-3-6-15(11-13)14(2)20-10-4-7-16(12-20)17(21)19-9-8-18/h3,5-6,11,14,16H,4,7-10,12,18H2,1-2H3,(H,19,21). The van der Waals surface area contributed by atoms with Gasteiger partial charge in [-0.25, -0.2) is 0 Å². The normalized spacial score (nSPS) is 21.0. The Morgan fingerprint density at radius 3 is 3.05 bits per heavy atom. The molecule has 1 aromatic rings. The number of nitrogens with zero attached hydrogens (tertiary/aromatic N) is 1. The van der Waals surface area contributed by atoms with E-state index in [1.807, 2.05) is 0 Å². The summed E-state index contributed by atoms with van der Waals surface area (Å²) in [6.45, 7) is 7.33. The van der Waals surface area contributed by atoms with Crippen LogP contribution in [-0.4, -0.2) is 37.0 Å². The van der Waals surface area contributed by atoms with Gasteiger partial charge in [-0.15, -0.1) is 0 Å². The van der Waals surface area contributed by atoms with Crippen LogP contribution in [0.3, 0.4) is 0 Å². The van der Waals surface area contributed by atoms with Crippen LogP contribution in [0.15, 0.2) is 24.3 Å². The van der Waals surface area contributed by atoms with Crippen LogP contribution in [0, 0.1) is 12.8 Å². The fourth-order valence-electron chi connectivity index (χ4n) is 3.05. The minimum atomic E-state index is 0.0950. The van der Waals surface area contributed by atoms with Crippen LogP contribution in [0.25, 0.3) is 0 Å². The number of aryl methyl sites for hydroxylation is 1. The van der Waals surface area contributed by atoms with E-state index in [-0.39, 0.29) is 11.8 Å². The predicted molar refractivity (Wildman–Crippen MR) is 86.0 cm³/mol. The fraction of sp³-hybridized carbons (Fsp3) is 0.588. The summed E-state index contributed by atoms with van der Waals surface area (Å²) in [5, 5.41) is 2.92. The first-order valence-electron chi connectivity index (χ1n) is 7.90. The maximum Gasteiger partial charge on any atom is 0.224 e. The van der Waals surface area contributed by atoms with Gasteiger partial charge in [0.2, 0.25) is 5.91 Å². The predicted octanol–water partition coefficient (Wildman–Crippen LogP) is 1.84. The maximum atomic E-state index is 12.1. The van der Waals surface area contributed by atoms with E-state index in [2.05, 4.69) is 48.3 Å². The zero-order valence-electron chi connectivity index (χ0n) is 13.1. The summed E-state index contributed by atoms with van der Waals surface area (Å²) in [4.78, 5) is 14.5. The van der Waals surface area contributed by atoms with Gasteiger partial charge in [-0.05, 0) is 38.8 Å². The topological polar surface area (TPSA) is 58.4 Å². The molecule has 1 aliphatic heterocycles. The second-order valence-corrected chi connectivity index (χ2v) is 6.00. The first kappa shape index (κ1) is 16.0. The number of piperidine rings is 1. The molecule has 1 fully saturated rings. The summed E-state index contributed by atoms with van der Waals surface area (Å²) in [6.07, 6.45) is 2.06. The molecule has 0 aliphatic carbocycles. The Morgan fingerprint density at radius 1 is 1.52 bits per heavy atom. The molecule has 2 unspecified atom stereocenters. The summed E-state index contributed by atoms with van der Waals surface area (Å²) in [6, 6.07) is 9.00. The molecule has 0 saturated carbocycles. The molecule has 4 heteroatoms. The molecule has 0 aromatic heterocycles. The number of carbonyl (C=O) groups is 1. The first-order valence-corrected chi connectivity index (χ1v) is 7.90. The van der Waals surface area contributed by atoms with Crippen molar-refractivity contribution in [1.29, 1.82) is 0 Å². The lowest BCUT2D eigenvalue weighted by atomic mass is 9.94. The quantitative estimate of drug-likeness (QED) is 0.869. The van der Waals surface area contributed by atoms with E-state index in [0.717, 1.165) is 25.9 Å². The number of hydrogen-bond donors (Lipinski definition) is 2. The van der Waals surface area contributed by atoms with Crippen molar-refractivity contribution in [3.05, 3.63) is 35.4 Å². The third-order valence-electron chi connectivity index (χ3n) is 4.34. The van der Waals surface area contributed by atoms with Crippen molar-refractivity contribution >= 4 is 5.91 Å². The molecular weight excluding hydrogens is 262 g/mol. The van der Waals surface area contributed by atoms with E-state index in [4.69, 9.17) is 5.73 Å². The summed E-state index contributed by atoms with van der Waals surface area (Å²) >= 11 is 0. The summed E-state index contributed by atoms with van der Waals surface area (Å²) in [5.74, 6) is 0.249. The van der Waals surface area contributed by atoms with Gasteiger partial charge < -0.3 is 11.1 Å². The first-order chi connectivity index (χ1) is 10.1. The van der Waals surface area contributed by atoms with Crippen molar-refractivity contribution in [2.75, 3.05) is 26.2 Å². The number of carbonyl (C=O) groups excluding carboxylic acids is 1. The van der Waals surface area contributed by atoms with Crippen LogP contribution >= 0.6 is 0 Å². The molecule has 1 amide bonds. The van der Waals surface area contributed by atoms with Crippen LogP contribution in [0.5, 0.6) is 0 Å². The number of hydrogen-bond acceptors (Lipinski definition) is 3. The number of likely N-dealkylation sites (tertiary alicyclic amines) is 1. The van der Waals surface area contributed by atoms with Crippen molar-refractivity contribution in [2.24, 2.45) is 11.7 Å². The Kier molecular flexibility index (Phi) is 5.76. The number of amides is 1. The van der Waals surface area contributed by atoms with Crippen LogP contribution in [-0.2, 0) is 4.79 Å². The maximum absolute atomic E-state index is 12.1. The summed E-state index contributed by atoms with van der Waals surface area (Å²) < 4.78 is 0.